The molecule has 2 aromatic rings. The molecule has 3 nitrogen and oxygen atoms in total. The van der Waals surface area contributed by atoms with Gasteiger partial charge in [-0.25, -0.2) is 4.98 Å². The molecule has 1 unspecified atom stereocenters. The molecule has 1 heterocycles. The van der Waals surface area contributed by atoms with Crippen LogP contribution in [0.1, 0.15) is 38.1 Å². The van der Waals surface area contributed by atoms with Gasteiger partial charge in [0.1, 0.15) is 0 Å². The lowest BCUT2D eigenvalue weighted by molar-refractivity contribution is 0.228. The Labute approximate surface area is 132 Å². The van der Waals surface area contributed by atoms with Crippen LogP contribution < -0.4 is 5.32 Å². The van der Waals surface area contributed by atoms with E-state index in [0.717, 1.165) is 31.2 Å². The van der Waals surface area contributed by atoms with Crippen molar-refractivity contribution in [3.8, 4) is 0 Å². The van der Waals surface area contributed by atoms with Crippen molar-refractivity contribution < 1.29 is 0 Å². The normalized spacial score (nSPS) is 12.6. The summed E-state index contributed by atoms with van der Waals surface area (Å²) in [5, 5.41) is 6.68. The molecule has 2 rings (SSSR count). The van der Waals surface area contributed by atoms with Crippen LogP contribution in [-0.2, 0) is 6.42 Å². The minimum Gasteiger partial charge on any atom is -0.360 e. The number of thiazole rings is 1. The van der Waals surface area contributed by atoms with Crippen molar-refractivity contribution in [3.63, 3.8) is 0 Å². The van der Waals surface area contributed by atoms with Gasteiger partial charge in [-0.15, -0.1) is 11.3 Å². The van der Waals surface area contributed by atoms with E-state index in [1.807, 2.05) is 0 Å². The second-order valence-corrected chi connectivity index (χ2v) is 5.88. The van der Waals surface area contributed by atoms with E-state index in [2.05, 4.69) is 71.7 Å². The van der Waals surface area contributed by atoms with E-state index in [-0.39, 0.29) is 0 Å². The third-order valence-corrected chi connectivity index (χ3v) is 4.65. The van der Waals surface area contributed by atoms with Gasteiger partial charge in [0.25, 0.3) is 0 Å². The first-order chi connectivity index (χ1) is 10.3. The Morgan fingerprint density at radius 1 is 1.14 bits per heavy atom. The fraction of sp³-hybridized carbons (Fsp3) is 0.471. The van der Waals surface area contributed by atoms with E-state index in [4.69, 9.17) is 0 Å². The molecule has 1 aromatic carbocycles. The van der Waals surface area contributed by atoms with E-state index in [9.17, 15) is 0 Å². The Hall–Kier alpha value is -1.39. The van der Waals surface area contributed by atoms with Gasteiger partial charge in [0, 0.05) is 11.9 Å². The van der Waals surface area contributed by atoms with Crippen molar-refractivity contribution in [3.05, 3.63) is 47.0 Å². The summed E-state index contributed by atoms with van der Waals surface area (Å²) >= 11 is 1.70. The first-order valence-electron chi connectivity index (χ1n) is 7.75. The van der Waals surface area contributed by atoms with Gasteiger partial charge in [-0.1, -0.05) is 51.1 Å². The molecule has 0 aliphatic carbocycles. The molecule has 1 aromatic heterocycles. The Kier molecular flexibility index (Phi) is 6.21. The molecule has 0 fully saturated rings. The molecule has 0 saturated heterocycles. The van der Waals surface area contributed by atoms with E-state index in [1.165, 1.54) is 11.3 Å². The van der Waals surface area contributed by atoms with Crippen molar-refractivity contribution in [2.75, 3.05) is 25.0 Å². The number of benzene rings is 1. The van der Waals surface area contributed by atoms with E-state index >= 15 is 0 Å². The topological polar surface area (TPSA) is 28.2 Å². The van der Waals surface area contributed by atoms with Crippen LogP contribution in [0.4, 0.5) is 5.13 Å². The minimum absolute atomic E-state index is 0.384. The van der Waals surface area contributed by atoms with Gasteiger partial charge >= 0.3 is 0 Å². The highest BCUT2D eigenvalue weighted by Crippen LogP contribution is 2.22. The molecule has 0 aliphatic rings. The largest absolute Gasteiger partial charge is 0.360 e. The van der Waals surface area contributed by atoms with Crippen molar-refractivity contribution in [2.45, 2.75) is 33.2 Å². The van der Waals surface area contributed by atoms with Gasteiger partial charge in [-0.2, -0.15) is 0 Å². The molecule has 0 radical (unpaired) electrons. The van der Waals surface area contributed by atoms with Crippen molar-refractivity contribution in [1.82, 2.24) is 9.88 Å². The monoisotopic (exact) mass is 303 g/mol. The second kappa shape index (κ2) is 8.15. The maximum Gasteiger partial charge on any atom is 0.182 e. The average molecular weight is 303 g/mol. The van der Waals surface area contributed by atoms with E-state index in [1.54, 1.807) is 11.3 Å². The van der Waals surface area contributed by atoms with Gasteiger partial charge in [0.2, 0.25) is 0 Å². The zero-order valence-electron chi connectivity index (χ0n) is 13.2. The van der Waals surface area contributed by atoms with Gasteiger partial charge in [0.05, 0.1) is 11.7 Å². The van der Waals surface area contributed by atoms with E-state index < -0.39 is 0 Å². The predicted octanol–water partition coefficient (Wildman–Crippen LogP) is 4.20. The maximum atomic E-state index is 4.59. The molecule has 1 atom stereocenters. The van der Waals surface area contributed by atoms with Crippen molar-refractivity contribution >= 4 is 16.5 Å². The summed E-state index contributed by atoms with van der Waals surface area (Å²) in [6.45, 7) is 9.57. The minimum atomic E-state index is 0.384. The number of hydrogen-bond donors (Lipinski definition) is 1. The van der Waals surface area contributed by atoms with Crippen LogP contribution >= 0.6 is 11.3 Å². The number of aryl methyl sites for hydroxylation is 1. The lowest BCUT2D eigenvalue weighted by Crippen LogP contribution is -2.33. The Bertz CT molecular complexity index is 520. The standard InChI is InChI=1S/C17H25N3S/c1-4-15-13-21-17(19-15)18-12-16(20(5-2)6-3)14-10-8-7-9-11-14/h7-11,13,16H,4-6,12H2,1-3H3,(H,18,19). The molecule has 0 spiro atoms. The molecule has 4 heteroatoms. The summed E-state index contributed by atoms with van der Waals surface area (Å²) in [5.41, 5.74) is 2.53. The van der Waals surface area contributed by atoms with Crippen LogP contribution in [0.2, 0.25) is 0 Å². The van der Waals surface area contributed by atoms with Crippen LogP contribution in [0.5, 0.6) is 0 Å². The van der Waals surface area contributed by atoms with Gasteiger partial charge < -0.3 is 5.32 Å². The zero-order chi connectivity index (χ0) is 15.1. The summed E-state index contributed by atoms with van der Waals surface area (Å²) in [6, 6.07) is 11.1. The van der Waals surface area contributed by atoms with E-state index in [0.29, 0.717) is 6.04 Å². The molecule has 1 N–H and O–H groups in total. The predicted molar refractivity (Wildman–Crippen MR) is 92.1 cm³/mol. The Morgan fingerprint density at radius 2 is 1.86 bits per heavy atom. The summed E-state index contributed by atoms with van der Waals surface area (Å²) < 4.78 is 0. The maximum absolute atomic E-state index is 4.59. The molecule has 114 valence electrons. The molecule has 0 bridgehead atoms. The third kappa shape index (κ3) is 4.29. The smallest absolute Gasteiger partial charge is 0.182 e. The molecular formula is C17H25N3S. The number of aromatic nitrogens is 1. The number of nitrogens with one attached hydrogen (secondary N) is 1. The SMILES string of the molecule is CCc1csc(NCC(c2ccccc2)N(CC)CC)n1. The average Bonchev–Trinajstić information content (AvgIpc) is 3.00. The molecule has 21 heavy (non-hydrogen) atoms. The van der Waals surface area contributed by atoms with Gasteiger partial charge in [-0.05, 0) is 25.1 Å². The number of likely N-dealkylation sites (N-methyl/N-ethyl adjacent to an activating group) is 1. The number of hydrogen-bond acceptors (Lipinski definition) is 4. The molecule has 0 amide bonds. The van der Waals surface area contributed by atoms with Crippen molar-refractivity contribution in [2.24, 2.45) is 0 Å². The first-order valence-corrected chi connectivity index (χ1v) is 8.63. The highest BCUT2D eigenvalue weighted by Gasteiger charge is 2.17. The molecular weight excluding hydrogens is 278 g/mol. The Balaban J connectivity index is 2.08. The summed E-state index contributed by atoms with van der Waals surface area (Å²) in [4.78, 5) is 7.08. The third-order valence-electron chi connectivity index (χ3n) is 3.80. The second-order valence-electron chi connectivity index (χ2n) is 5.03. The Morgan fingerprint density at radius 3 is 2.43 bits per heavy atom. The molecule has 0 saturated carbocycles. The highest BCUT2D eigenvalue weighted by molar-refractivity contribution is 7.13. The van der Waals surface area contributed by atoms with Crippen LogP contribution in [0.3, 0.4) is 0 Å². The fourth-order valence-corrected chi connectivity index (χ4v) is 3.34. The summed E-state index contributed by atoms with van der Waals surface area (Å²) in [5.74, 6) is 0. The highest BCUT2D eigenvalue weighted by atomic mass is 32.1. The summed E-state index contributed by atoms with van der Waals surface area (Å²) in [7, 11) is 0. The van der Waals surface area contributed by atoms with Crippen LogP contribution in [-0.4, -0.2) is 29.5 Å². The van der Waals surface area contributed by atoms with Crippen LogP contribution in [0.25, 0.3) is 0 Å². The lowest BCUT2D eigenvalue weighted by atomic mass is 10.1. The zero-order valence-corrected chi connectivity index (χ0v) is 14.0. The molecule has 0 aliphatic heterocycles. The van der Waals surface area contributed by atoms with Gasteiger partial charge in [-0.3, -0.25) is 4.90 Å². The van der Waals surface area contributed by atoms with Crippen LogP contribution in [0.15, 0.2) is 35.7 Å². The van der Waals surface area contributed by atoms with Gasteiger partial charge in [0.15, 0.2) is 5.13 Å². The fourth-order valence-electron chi connectivity index (χ4n) is 2.53. The summed E-state index contributed by atoms with van der Waals surface area (Å²) in [6.07, 6.45) is 0.996. The van der Waals surface area contributed by atoms with Crippen molar-refractivity contribution in [1.29, 1.82) is 0 Å². The number of anilines is 1. The number of nitrogens with zero attached hydrogens (tertiary/aromatic N) is 2. The first kappa shape index (κ1) is 16.0. The van der Waals surface area contributed by atoms with Crippen LogP contribution in [0, 0.1) is 0 Å². The quantitative estimate of drug-likeness (QED) is 0.792. The number of rotatable bonds is 8. The lowest BCUT2D eigenvalue weighted by Gasteiger charge is -2.30.